The van der Waals surface area contributed by atoms with Crippen molar-refractivity contribution >= 4 is 46.5 Å². The Balaban J connectivity index is 1.18. The molecule has 0 amide bonds. The van der Waals surface area contributed by atoms with E-state index in [0.29, 0.717) is 50.0 Å². The van der Waals surface area contributed by atoms with E-state index >= 15 is 0 Å². The number of hydrogen-bond acceptors (Lipinski definition) is 10. The maximum atomic E-state index is 13.7. The van der Waals surface area contributed by atoms with E-state index in [0.717, 1.165) is 48.5 Å². The number of nitrogens with zero attached hydrogens (tertiary/aromatic N) is 2. The number of hydrogen-bond donors (Lipinski definition) is 1. The number of pyridine rings is 1. The van der Waals surface area contributed by atoms with Gasteiger partial charge in [0.15, 0.2) is 11.5 Å². The zero-order valence-electron chi connectivity index (χ0n) is 27.6. The van der Waals surface area contributed by atoms with Gasteiger partial charge in [0.2, 0.25) is 0 Å². The van der Waals surface area contributed by atoms with Crippen LogP contribution in [0, 0.1) is 12.8 Å². The molecule has 0 saturated carbocycles. The molecule has 9 nitrogen and oxygen atoms in total. The fourth-order valence-corrected chi connectivity index (χ4v) is 7.92. The van der Waals surface area contributed by atoms with Crippen molar-refractivity contribution in [2.75, 3.05) is 33.9 Å². The topological polar surface area (TPSA) is 99.2 Å². The monoisotopic (exact) mass is 723 g/mol. The summed E-state index contributed by atoms with van der Waals surface area (Å²) in [6.07, 6.45) is 4.49. The summed E-state index contributed by atoms with van der Waals surface area (Å²) in [5.41, 5.74) is 3.15. The van der Waals surface area contributed by atoms with Crippen molar-refractivity contribution in [1.29, 1.82) is 0 Å². The van der Waals surface area contributed by atoms with E-state index in [2.05, 4.69) is 15.2 Å². The van der Waals surface area contributed by atoms with Gasteiger partial charge in [0.1, 0.15) is 23.1 Å². The van der Waals surface area contributed by atoms with Crippen LogP contribution in [0.2, 0.25) is 10.0 Å². The lowest BCUT2D eigenvalue weighted by molar-refractivity contribution is -0.161. The highest BCUT2D eigenvalue weighted by molar-refractivity contribution is 7.13. The molecule has 4 aromatic rings. The minimum absolute atomic E-state index is 0.0954. The SMILES string of the molecule is COc1ccc([C@H](Cc2c(Cl)cncc2Cl)OC(=O)c2ccc(CNC(C(=O)O[C@H]3CN4CCC3CC4)c3ccccc3C)s2)cc1OC. The summed E-state index contributed by atoms with van der Waals surface area (Å²) in [6.45, 7) is 5.28. The third-order valence-electron chi connectivity index (χ3n) is 9.31. The van der Waals surface area contributed by atoms with Crippen LogP contribution in [-0.2, 0) is 27.2 Å². The molecule has 2 bridgehead atoms. The Labute approximate surface area is 300 Å². The van der Waals surface area contributed by atoms with Crippen molar-refractivity contribution in [2.45, 2.75) is 51.0 Å². The van der Waals surface area contributed by atoms with E-state index < -0.39 is 18.1 Å². The Bertz CT molecular complexity index is 1770. The van der Waals surface area contributed by atoms with Crippen LogP contribution in [0.4, 0.5) is 0 Å². The number of carbonyl (C=O) groups excluding carboxylic acids is 2. The maximum absolute atomic E-state index is 13.7. The van der Waals surface area contributed by atoms with Crippen LogP contribution in [0.3, 0.4) is 0 Å². The van der Waals surface area contributed by atoms with Crippen molar-refractivity contribution in [3.05, 3.63) is 109 Å². The fraction of sp³-hybridized carbons (Fsp3) is 0.378. The zero-order chi connectivity index (χ0) is 34.5. The molecule has 0 radical (unpaired) electrons. The lowest BCUT2D eigenvalue weighted by Gasteiger charge is -2.44. The summed E-state index contributed by atoms with van der Waals surface area (Å²) in [5.74, 6) is 0.659. The molecular weight excluding hydrogens is 685 g/mol. The standard InChI is InChI=1S/C37H39Cl2N3O6S/c1-22-6-4-5-7-26(22)35(37(44)48-33-21-42-14-12-23(33)13-15-42)41-18-25-9-11-34(49-25)36(43)47-31(17-27-28(38)19-40-20-29(27)39)24-8-10-30(45-2)32(16-24)46-3/h4-11,16,19-20,23,31,33,35,41H,12-15,17-18,21H2,1-3H3/t31-,33-,35?/m0/s1. The van der Waals surface area contributed by atoms with Gasteiger partial charge in [0.05, 0.1) is 24.3 Å². The summed E-state index contributed by atoms with van der Waals surface area (Å²) < 4.78 is 23.2. The second-order valence-corrected chi connectivity index (χ2v) is 14.3. The summed E-state index contributed by atoms with van der Waals surface area (Å²) in [7, 11) is 3.10. The largest absolute Gasteiger partial charge is 0.493 e. The van der Waals surface area contributed by atoms with Crippen LogP contribution in [0.25, 0.3) is 0 Å². The predicted molar refractivity (Wildman–Crippen MR) is 190 cm³/mol. The van der Waals surface area contributed by atoms with Gasteiger partial charge in [-0.1, -0.05) is 53.5 Å². The predicted octanol–water partition coefficient (Wildman–Crippen LogP) is 7.38. The van der Waals surface area contributed by atoms with Gasteiger partial charge in [-0.05, 0) is 85.3 Å². The fourth-order valence-electron chi connectivity index (χ4n) is 6.56. The highest BCUT2D eigenvalue weighted by Crippen LogP contribution is 2.36. The Morgan fingerprint density at radius 2 is 1.73 bits per heavy atom. The number of piperidine rings is 3. The van der Waals surface area contributed by atoms with Gasteiger partial charge in [0.25, 0.3) is 0 Å². The van der Waals surface area contributed by atoms with E-state index in [4.69, 9.17) is 42.1 Å². The molecule has 7 rings (SSSR count). The van der Waals surface area contributed by atoms with Crippen molar-refractivity contribution in [1.82, 2.24) is 15.2 Å². The van der Waals surface area contributed by atoms with Crippen molar-refractivity contribution in [2.24, 2.45) is 5.92 Å². The van der Waals surface area contributed by atoms with Crippen LogP contribution in [0.1, 0.15) is 61.8 Å². The number of fused-ring (bicyclic) bond motifs is 3. The number of methoxy groups -OCH3 is 2. The highest BCUT2D eigenvalue weighted by Gasteiger charge is 2.38. The van der Waals surface area contributed by atoms with Crippen molar-refractivity contribution < 1.29 is 28.5 Å². The van der Waals surface area contributed by atoms with E-state index in [1.165, 1.54) is 23.7 Å². The van der Waals surface area contributed by atoms with E-state index in [1.807, 2.05) is 43.3 Å². The van der Waals surface area contributed by atoms with Gasteiger partial charge in [-0.3, -0.25) is 15.2 Å². The van der Waals surface area contributed by atoms with Gasteiger partial charge >= 0.3 is 11.9 Å². The lowest BCUT2D eigenvalue weighted by Crippen LogP contribution is -2.52. The molecule has 3 saturated heterocycles. The zero-order valence-corrected chi connectivity index (χ0v) is 29.9. The number of aromatic nitrogens is 1. The molecule has 2 aromatic carbocycles. The Morgan fingerprint density at radius 3 is 2.41 bits per heavy atom. The van der Waals surface area contributed by atoms with Crippen LogP contribution in [0.5, 0.6) is 11.5 Å². The minimum Gasteiger partial charge on any atom is -0.493 e. The average molecular weight is 725 g/mol. The Hall–Kier alpha value is -3.67. The first-order valence-corrected chi connectivity index (χ1v) is 17.8. The molecule has 1 N–H and O–H groups in total. The number of aryl methyl sites for hydroxylation is 1. The number of ether oxygens (including phenoxy) is 4. The van der Waals surface area contributed by atoms with Crippen LogP contribution in [-0.4, -0.2) is 61.8 Å². The number of nitrogens with one attached hydrogen (secondary N) is 1. The van der Waals surface area contributed by atoms with Gasteiger partial charge in [-0.15, -0.1) is 11.3 Å². The van der Waals surface area contributed by atoms with Crippen LogP contribution < -0.4 is 14.8 Å². The second-order valence-electron chi connectivity index (χ2n) is 12.3. The molecule has 1 unspecified atom stereocenters. The molecule has 3 fully saturated rings. The molecule has 3 atom stereocenters. The molecule has 2 aromatic heterocycles. The molecular formula is C37H39Cl2N3O6S. The van der Waals surface area contributed by atoms with E-state index in [-0.39, 0.29) is 18.5 Å². The van der Waals surface area contributed by atoms with Gasteiger partial charge in [-0.2, -0.15) is 0 Å². The van der Waals surface area contributed by atoms with Gasteiger partial charge in [-0.25, -0.2) is 9.59 Å². The summed E-state index contributed by atoms with van der Waals surface area (Å²) >= 11 is 14.2. The molecule has 3 aliphatic rings. The number of halogens is 2. The smallest absolute Gasteiger partial charge is 0.348 e. The summed E-state index contributed by atoms with van der Waals surface area (Å²) in [6, 6.07) is 16.1. The van der Waals surface area contributed by atoms with Crippen LogP contribution in [0.15, 0.2) is 67.0 Å². The van der Waals surface area contributed by atoms with Crippen molar-refractivity contribution in [3.63, 3.8) is 0 Å². The number of thiophene rings is 1. The number of rotatable bonds is 13. The third-order valence-corrected chi connectivity index (χ3v) is 11.0. The Morgan fingerprint density at radius 1 is 1.00 bits per heavy atom. The number of benzene rings is 2. The third kappa shape index (κ3) is 8.22. The maximum Gasteiger partial charge on any atom is 0.348 e. The molecule has 5 heterocycles. The quantitative estimate of drug-likeness (QED) is 0.142. The van der Waals surface area contributed by atoms with Crippen molar-refractivity contribution in [3.8, 4) is 11.5 Å². The van der Waals surface area contributed by atoms with E-state index in [1.54, 1.807) is 32.4 Å². The van der Waals surface area contributed by atoms with Gasteiger partial charge in [0, 0.05) is 36.8 Å². The average Bonchev–Trinajstić information content (AvgIpc) is 3.59. The second kappa shape index (κ2) is 15.9. The molecule has 12 heteroatoms. The first-order chi connectivity index (χ1) is 23.7. The molecule has 0 spiro atoms. The number of carbonyl (C=O) groups is 2. The number of esters is 2. The minimum atomic E-state index is -0.750. The molecule has 258 valence electrons. The summed E-state index contributed by atoms with van der Waals surface area (Å²) in [4.78, 5) is 35.0. The summed E-state index contributed by atoms with van der Waals surface area (Å²) in [5, 5.41) is 4.16. The molecule has 0 aliphatic carbocycles. The Kier molecular flexibility index (Phi) is 11.4. The normalized spacial score (nSPS) is 19.6. The lowest BCUT2D eigenvalue weighted by atomic mass is 9.86. The van der Waals surface area contributed by atoms with Gasteiger partial charge < -0.3 is 18.9 Å². The van der Waals surface area contributed by atoms with E-state index in [9.17, 15) is 9.59 Å². The molecule has 49 heavy (non-hydrogen) atoms. The highest BCUT2D eigenvalue weighted by atomic mass is 35.5. The van der Waals surface area contributed by atoms with Crippen LogP contribution >= 0.6 is 34.5 Å². The molecule has 3 aliphatic heterocycles. The first-order valence-electron chi connectivity index (χ1n) is 16.2. The first kappa shape index (κ1) is 35.2.